The Balaban J connectivity index is 1.68. The van der Waals surface area contributed by atoms with Crippen LogP contribution in [0.25, 0.3) is 11.0 Å². The van der Waals surface area contributed by atoms with Crippen molar-refractivity contribution in [1.29, 1.82) is 0 Å². The van der Waals surface area contributed by atoms with Crippen LogP contribution in [0.5, 0.6) is 0 Å². The normalized spacial score (nSPS) is 10.8. The molecular weight excluding hydrogens is 422 g/mol. The predicted molar refractivity (Wildman–Crippen MR) is 124 cm³/mol. The van der Waals surface area contributed by atoms with Crippen molar-refractivity contribution >= 4 is 40.4 Å². The van der Waals surface area contributed by atoms with E-state index in [9.17, 15) is 14.4 Å². The van der Waals surface area contributed by atoms with E-state index in [0.29, 0.717) is 22.3 Å². The maximum atomic E-state index is 12.8. The van der Waals surface area contributed by atoms with Gasteiger partial charge in [0.25, 0.3) is 11.8 Å². The lowest BCUT2D eigenvalue weighted by molar-refractivity contribution is -0.118. The fraction of sp³-hybridized carbons (Fsp3) is 0.174. The number of rotatable bonds is 7. The Bertz CT molecular complexity index is 1340. The standard InChI is InChI=1S/C23H23N7O3/c1-28-12-10-17(27-28)21(32)26-23-25-18-14-16(8-9-19(18)30(23)13-11-20(24)31)29(2)22(33)15-6-4-3-5-7-15/h3-10,12,14H,11,13H2,1-2H3,(H2,24,31)(H,25,26,32). The summed E-state index contributed by atoms with van der Waals surface area (Å²) in [7, 11) is 3.40. The lowest BCUT2D eigenvalue weighted by Crippen LogP contribution is -2.26. The first-order valence-corrected chi connectivity index (χ1v) is 10.3. The first-order valence-electron chi connectivity index (χ1n) is 10.3. The SMILES string of the molecule is CN(C(=O)c1ccccc1)c1ccc2c(c1)nc(NC(=O)c1ccn(C)n1)n2CCC(N)=O. The largest absolute Gasteiger partial charge is 0.370 e. The Kier molecular flexibility index (Phi) is 5.90. The number of nitrogens with one attached hydrogen (secondary N) is 1. The van der Waals surface area contributed by atoms with Gasteiger partial charge >= 0.3 is 0 Å². The molecule has 10 nitrogen and oxygen atoms in total. The topological polar surface area (TPSA) is 128 Å². The second-order valence-electron chi connectivity index (χ2n) is 7.54. The van der Waals surface area contributed by atoms with Crippen molar-refractivity contribution in [3.63, 3.8) is 0 Å². The molecule has 2 heterocycles. The summed E-state index contributed by atoms with van der Waals surface area (Å²) in [4.78, 5) is 42.9. The Hall–Kier alpha value is -4.47. The lowest BCUT2D eigenvalue weighted by atomic mass is 10.2. The van der Waals surface area contributed by atoms with Gasteiger partial charge in [-0.1, -0.05) is 18.2 Å². The average Bonchev–Trinajstić information content (AvgIpc) is 3.39. The van der Waals surface area contributed by atoms with Gasteiger partial charge in [0, 0.05) is 44.5 Å². The second-order valence-corrected chi connectivity index (χ2v) is 7.54. The van der Waals surface area contributed by atoms with Crippen molar-refractivity contribution in [3.8, 4) is 0 Å². The number of amides is 3. The van der Waals surface area contributed by atoms with Crippen LogP contribution >= 0.6 is 0 Å². The van der Waals surface area contributed by atoms with Gasteiger partial charge < -0.3 is 15.2 Å². The van der Waals surface area contributed by atoms with E-state index < -0.39 is 11.8 Å². The molecule has 33 heavy (non-hydrogen) atoms. The fourth-order valence-corrected chi connectivity index (χ4v) is 3.46. The molecule has 0 spiro atoms. The molecule has 168 valence electrons. The smallest absolute Gasteiger partial charge is 0.278 e. The Labute approximate surface area is 189 Å². The van der Waals surface area contributed by atoms with Crippen LogP contribution in [-0.2, 0) is 18.4 Å². The molecule has 0 atom stereocenters. The minimum Gasteiger partial charge on any atom is -0.370 e. The Morgan fingerprint density at radius 3 is 2.52 bits per heavy atom. The molecule has 0 bridgehead atoms. The van der Waals surface area contributed by atoms with Crippen LogP contribution in [0.1, 0.15) is 27.3 Å². The summed E-state index contributed by atoms with van der Waals surface area (Å²) in [6, 6.07) is 15.9. The van der Waals surface area contributed by atoms with E-state index in [0.717, 1.165) is 0 Å². The number of benzene rings is 2. The van der Waals surface area contributed by atoms with Crippen LogP contribution < -0.4 is 16.0 Å². The van der Waals surface area contributed by atoms with E-state index in [2.05, 4.69) is 15.4 Å². The van der Waals surface area contributed by atoms with Gasteiger partial charge in [-0.05, 0) is 36.4 Å². The van der Waals surface area contributed by atoms with Crippen molar-refractivity contribution in [2.45, 2.75) is 13.0 Å². The number of aromatic nitrogens is 4. The third kappa shape index (κ3) is 4.59. The summed E-state index contributed by atoms with van der Waals surface area (Å²) in [6.07, 6.45) is 1.74. The van der Waals surface area contributed by atoms with Crippen molar-refractivity contribution in [2.24, 2.45) is 12.8 Å². The molecule has 4 rings (SSSR count). The molecule has 0 saturated heterocycles. The van der Waals surface area contributed by atoms with Gasteiger partial charge in [0.15, 0.2) is 5.69 Å². The van der Waals surface area contributed by atoms with Crippen molar-refractivity contribution in [2.75, 3.05) is 17.3 Å². The summed E-state index contributed by atoms with van der Waals surface area (Å²) in [5, 5.41) is 6.85. The highest BCUT2D eigenvalue weighted by molar-refractivity contribution is 6.06. The monoisotopic (exact) mass is 445 g/mol. The van der Waals surface area contributed by atoms with Gasteiger partial charge in [0.2, 0.25) is 11.9 Å². The van der Waals surface area contributed by atoms with Crippen LogP contribution in [0.15, 0.2) is 60.8 Å². The van der Waals surface area contributed by atoms with Gasteiger partial charge in [-0.15, -0.1) is 0 Å². The number of fused-ring (bicyclic) bond motifs is 1. The minimum absolute atomic E-state index is 0.0755. The highest BCUT2D eigenvalue weighted by atomic mass is 16.2. The number of hydrogen-bond acceptors (Lipinski definition) is 5. The molecule has 2 aromatic heterocycles. The molecule has 0 saturated carbocycles. The molecule has 0 aliphatic rings. The molecular formula is C23H23N7O3. The van der Waals surface area contributed by atoms with Gasteiger partial charge in [-0.2, -0.15) is 5.10 Å². The average molecular weight is 445 g/mol. The maximum absolute atomic E-state index is 12.8. The first kappa shape index (κ1) is 21.8. The van der Waals surface area contributed by atoms with Crippen LogP contribution in [0.3, 0.4) is 0 Å². The number of nitrogens with two attached hydrogens (primary N) is 1. The van der Waals surface area contributed by atoms with Gasteiger partial charge in [-0.3, -0.25) is 24.4 Å². The van der Waals surface area contributed by atoms with Gasteiger partial charge in [0.1, 0.15) is 0 Å². The van der Waals surface area contributed by atoms with Crippen molar-refractivity contribution < 1.29 is 14.4 Å². The highest BCUT2D eigenvalue weighted by Crippen LogP contribution is 2.26. The number of hydrogen-bond donors (Lipinski definition) is 2. The lowest BCUT2D eigenvalue weighted by Gasteiger charge is -2.17. The van der Waals surface area contributed by atoms with Crippen LogP contribution in [0.2, 0.25) is 0 Å². The second kappa shape index (κ2) is 8.95. The molecule has 0 radical (unpaired) electrons. The number of aryl methyl sites for hydroxylation is 2. The van der Waals surface area contributed by atoms with Crippen LogP contribution in [-0.4, -0.2) is 44.1 Å². The summed E-state index contributed by atoms with van der Waals surface area (Å²) in [5.41, 5.74) is 8.02. The number of anilines is 2. The summed E-state index contributed by atoms with van der Waals surface area (Å²) < 4.78 is 3.24. The number of carbonyl (C=O) groups excluding carboxylic acids is 3. The third-order valence-corrected chi connectivity index (χ3v) is 5.20. The molecule has 3 N–H and O–H groups in total. The van der Waals surface area contributed by atoms with E-state index in [1.54, 1.807) is 73.4 Å². The predicted octanol–water partition coefficient (Wildman–Crippen LogP) is 2.17. The summed E-state index contributed by atoms with van der Waals surface area (Å²) >= 11 is 0. The van der Waals surface area contributed by atoms with E-state index in [1.807, 2.05) is 6.07 Å². The van der Waals surface area contributed by atoms with E-state index in [1.165, 1.54) is 9.58 Å². The van der Waals surface area contributed by atoms with E-state index >= 15 is 0 Å². The van der Waals surface area contributed by atoms with E-state index in [-0.39, 0.29) is 30.5 Å². The molecule has 0 unspecified atom stereocenters. The first-order chi connectivity index (χ1) is 15.8. The Morgan fingerprint density at radius 2 is 1.85 bits per heavy atom. The summed E-state index contributed by atoms with van der Waals surface area (Å²) in [6.45, 7) is 0.238. The number of primary amides is 1. The molecule has 0 aliphatic carbocycles. The fourth-order valence-electron chi connectivity index (χ4n) is 3.46. The van der Waals surface area contributed by atoms with Gasteiger partial charge in [0.05, 0.1) is 11.0 Å². The van der Waals surface area contributed by atoms with Crippen LogP contribution in [0, 0.1) is 0 Å². The molecule has 0 aliphatic heterocycles. The molecule has 10 heteroatoms. The van der Waals surface area contributed by atoms with Gasteiger partial charge in [-0.25, -0.2) is 4.98 Å². The molecule has 4 aromatic rings. The number of carbonyl (C=O) groups is 3. The zero-order chi connectivity index (χ0) is 23.5. The molecule has 2 aromatic carbocycles. The third-order valence-electron chi connectivity index (χ3n) is 5.20. The van der Waals surface area contributed by atoms with Crippen molar-refractivity contribution in [1.82, 2.24) is 19.3 Å². The zero-order valence-electron chi connectivity index (χ0n) is 18.2. The number of nitrogens with zero attached hydrogens (tertiary/aromatic N) is 5. The number of imidazole rings is 1. The quantitative estimate of drug-likeness (QED) is 0.451. The molecule has 3 amide bonds. The maximum Gasteiger partial charge on any atom is 0.278 e. The molecule has 0 fully saturated rings. The minimum atomic E-state index is -0.469. The zero-order valence-corrected chi connectivity index (χ0v) is 18.2. The highest BCUT2D eigenvalue weighted by Gasteiger charge is 2.19. The van der Waals surface area contributed by atoms with Crippen molar-refractivity contribution in [3.05, 3.63) is 72.1 Å². The Morgan fingerprint density at radius 1 is 1.09 bits per heavy atom. The van der Waals surface area contributed by atoms with E-state index in [4.69, 9.17) is 5.73 Å². The van der Waals surface area contributed by atoms with Crippen LogP contribution in [0.4, 0.5) is 11.6 Å². The summed E-state index contributed by atoms with van der Waals surface area (Å²) in [5.74, 6) is -0.797.